The average Bonchev–Trinajstić information content (AvgIpc) is 3.03. The fraction of sp³-hybridized carbons (Fsp3) is 0.486. The van der Waals surface area contributed by atoms with Crippen molar-refractivity contribution in [3.63, 3.8) is 0 Å². The lowest BCUT2D eigenvalue weighted by atomic mass is 9.64. The van der Waals surface area contributed by atoms with E-state index >= 15 is 0 Å². The first-order valence-corrected chi connectivity index (χ1v) is 15.9. The fourth-order valence-electron chi connectivity index (χ4n) is 6.33. The fourth-order valence-corrected chi connectivity index (χ4v) is 6.33. The van der Waals surface area contributed by atoms with E-state index in [1.807, 2.05) is 31.7 Å². The summed E-state index contributed by atoms with van der Waals surface area (Å²) in [6.45, 7) is 11.9. The molecule has 1 aromatic carbocycles. The van der Waals surface area contributed by atoms with Gasteiger partial charge in [-0.3, -0.25) is 15.0 Å². The van der Waals surface area contributed by atoms with Crippen molar-refractivity contribution in [3.05, 3.63) is 101 Å². The van der Waals surface area contributed by atoms with E-state index in [0.29, 0.717) is 5.92 Å². The molecule has 1 atom stereocenters. The molecule has 2 aromatic rings. The molecule has 5 nitrogen and oxygen atoms in total. The quantitative estimate of drug-likeness (QED) is 0.157. The van der Waals surface area contributed by atoms with Crippen LogP contribution in [0.5, 0.6) is 0 Å². The Hall–Kier alpha value is -3.47. The average molecular weight is 568 g/mol. The van der Waals surface area contributed by atoms with Gasteiger partial charge in [0.2, 0.25) is 0 Å². The van der Waals surface area contributed by atoms with Gasteiger partial charge in [-0.2, -0.15) is 0 Å². The molecule has 0 bridgehead atoms. The van der Waals surface area contributed by atoms with Crippen molar-refractivity contribution in [2.75, 3.05) is 14.1 Å². The lowest BCUT2D eigenvalue weighted by Gasteiger charge is -2.40. The molecule has 0 amide bonds. The summed E-state index contributed by atoms with van der Waals surface area (Å²) in [5, 5.41) is 6.84. The van der Waals surface area contributed by atoms with E-state index < -0.39 is 0 Å². The van der Waals surface area contributed by atoms with Crippen LogP contribution in [0.3, 0.4) is 0 Å². The number of benzene rings is 1. The third kappa shape index (κ3) is 9.54. The Morgan fingerprint density at radius 3 is 2.48 bits per heavy atom. The van der Waals surface area contributed by atoms with Crippen LogP contribution in [0.15, 0.2) is 100 Å². The maximum absolute atomic E-state index is 5.22. The summed E-state index contributed by atoms with van der Waals surface area (Å²) in [4.78, 5) is 13.7. The van der Waals surface area contributed by atoms with Crippen LogP contribution in [0.4, 0.5) is 0 Å². The van der Waals surface area contributed by atoms with Crippen LogP contribution in [-0.2, 0) is 12.0 Å². The number of aliphatic imine (C=N–C) groups is 2. The number of allylic oxidation sites excluding steroid dienone is 5. The van der Waals surface area contributed by atoms with Crippen LogP contribution < -0.4 is 10.6 Å². The maximum atomic E-state index is 5.22. The second-order valence-electron chi connectivity index (χ2n) is 11.7. The van der Waals surface area contributed by atoms with E-state index in [0.717, 1.165) is 67.0 Å². The molecule has 0 spiro atoms. The van der Waals surface area contributed by atoms with Gasteiger partial charge in [-0.1, -0.05) is 81.2 Å². The van der Waals surface area contributed by atoms with Crippen LogP contribution in [0.2, 0.25) is 0 Å². The summed E-state index contributed by atoms with van der Waals surface area (Å²) in [5.74, 6) is 0.364. The maximum Gasteiger partial charge on any atom is 0.0734 e. The van der Waals surface area contributed by atoms with Gasteiger partial charge in [0, 0.05) is 62.0 Å². The summed E-state index contributed by atoms with van der Waals surface area (Å²) in [6.07, 6.45) is 19.7. The standard InChI is InChI=1S/C37H53N5/c1-7-16-33(19-14-17-29(2)37(22-12-9-13-23-37)34-20-10-8-11-21-34)35(42-31(4)36(39-6)28-38-5)25-30(3)41-27-32-18-15-24-40-26-32/h8,10-11,15,18,20-21,24-26,28,33,39,41H,2,7,9,12-14,16-17,19,22-23,27H2,1,3-6H3/b30-25+,36-31-,38-28?,42-35+. The molecular weight excluding hydrogens is 514 g/mol. The van der Waals surface area contributed by atoms with Gasteiger partial charge < -0.3 is 10.6 Å². The number of pyridine rings is 1. The first kappa shape index (κ1) is 33.0. The lowest BCUT2D eigenvalue weighted by molar-refractivity contribution is 0.330. The van der Waals surface area contributed by atoms with Crippen LogP contribution >= 0.6 is 0 Å². The molecule has 0 saturated heterocycles. The Labute approximate surface area is 255 Å². The van der Waals surface area contributed by atoms with Crippen molar-refractivity contribution in [3.8, 4) is 0 Å². The van der Waals surface area contributed by atoms with E-state index in [2.05, 4.69) is 83.9 Å². The molecule has 2 N–H and O–H groups in total. The molecular formula is C37H53N5. The Kier molecular flexibility index (Phi) is 13.7. The summed E-state index contributed by atoms with van der Waals surface area (Å²) in [6, 6.07) is 15.2. The zero-order valence-corrected chi connectivity index (χ0v) is 26.8. The molecule has 1 unspecified atom stereocenters. The second-order valence-corrected chi connectivity index (χ2v) is 11.7. The monoisotopic (exact) mass is 567 g/mol. The molecule has 0 aliphatic heterocycles. The summed E-state index contributed by atoms with van der Waals surface area (Å²) < 4.78 is 0. The van der Waals surface area contributed by atoms with Crippen LogP contribution in [0.1, 0.15) is 96.1 Å². The van der Waals surface area contributed by atoms with E-state index in [4.69, 9.17) is 11.6 Å². The van der Waals surface area contributed by atoms with Gasteiger partial charge in [-0.15, -0.1) is 0 Å². The first-order chi connectivity index (χ1) is 20.4. The molecule has 1 aliphatic carbocycles. The van der Waals surface area contributed by atoms with Crippen LogP contribution in [0, 0.1) is 5.92 Å². The van der Waals surface area contributed by atoms with Gasteiger partial charge in [0.25, 0.3) is 0 Å². The van der Waals surface area contributed by atoms with Crippen molar-refractivity contribution in [1.82, 2.24) is 15.6 Å². The highest BCUT2D eigenvalue weighted by molar-refractivity contribution is 5.98. The van der Waals surface area contributed by atoms with Crippen molar-refractivity contribution < 1.29 is 0 Å². The second kappa shape index (κ2) is 17.5. The normalized spacial score (nSPS) is 17.1. The molecule has 1 aromatic heterocycles. The number of nitrogens with one attached hydrogen (secondary N) is 2. The minimum Gasteiger partial charge on any atom is -0.385 e. The van der Waals surface area contributed by atoms with E-state index in [9.17, 15) is 0 Å². The Bertz CT molecular complexity index is 1220. The van der Waals surface area contributed by atoms with Gasteiger partial charge >= 0.3 is 0 Å². The molecule has 226 valence electrons. The lowest BCUT2D eigenvalue weighted by Crippen LogP contribution is -2.31. The van der Waals surface area contributed by atoms with Crippen molar-refractivity contribution in [2.24, 2.45) is 15.9 Å². The molecule has 3 rings (SSSR count). The number of nitrogens with zero attached hydrogens (tertiary/aromatic N) is 3. The SMILES string of the molecule is C=C(CCCC(CCC)C(/C=C(\C)NCc1cccnc1)=N/C(C)=C(/C=NC)NC)C1(c2ccccc2)CCCCC1. The number of aromatic nitrogens is 1. The summed E-state index contributed by atoms with van der Waals surface area (Å²) in [7, 11) is 3.72. The van der Waals surface area contributed by atoms with Gasteiger partial charge in [-0.05, 0) is 75.6 Å². The Morgan fingerprint density at radius 1 is 1.07 bits per heavy atom. The van der Waals surface area contributed by atoms with E-state index in [1.54, 1.807) is 7.05 Å². The van der Waals surface area contributed by atoms with Crippen molar-refractivity contribution in [1.29, 1.82) is 0 Å². The van der Waals surface area contributed by atoms with Gasteiger partial charge in [0.05, 0.1) is 11.4 Å². The molecule has 5 heteroatoms. The molecule has 1 heterocycles. The summed E-state index contributed by atoms with van der Waals surface area (Å²) >= 11 is 0. The third-order valence-corrected chi connectivity index (χ3v) is 8.67. The zero-order valence-electron chi connectivity index (χ0n) is 26.8. The molecule has 1 aliphatic rings. The van der Waals surface area contributed by atoms with Crippen molar-refractivity contribution >= 4 is 11.9 Å². The highest BCUT2D eigenvalue weighted by atomic mass is 14.9. The van der Waals surface area contributed by atoms with Crippen LogP contribution in [-0.4, -0.2) is 31.0 Å². The van der Waals surface area contributed by atoms with Crippen LogP contribution in [0.25, 0.3) is 0 Å². The number of rotatable bonds is 16. The summed E-state index contributed by atoms with van der Waals surface area (Å²) in [5.41, 5.74) is 8.29. The Morgan fingerprint density at radius 2 is 1.83 bits per heavy atom. The van der Waals surface area contributed by atoms with Gasteiger partial charge in [0.1, 0.15) is 0 Å². The Balaban J connectivity index is 1.82. The van der Waals surface area contributed by atoms with Gasteiger partial charge in [0.15, 0.2) is 0 Å². The largest absolute Gasteiger partial charge is 0.385 e. The van der Waals surface area contributed by atoms with Crippen molar-refractivity contribution in [2.45, 2.75) is 96.9 Å². The zero-order chi connectivity index (χ0) is 30.2. The smallest absolute Gasteiger partial charge is 0.0734 e. The minimum absolute atomic E-state index is 0.129. The predicted molar refractivity (Wildman–Crippen MR) is 181 cm³/mol. The third-order valence-electron chi connectivity index (χ3n) is 8.67. The number of hydrogen-bond donors (Lipinski definition) is 2. The van der Waals surface area contributed by atoms with Gasteiger partial charge in [-0.25, -0.2) is 0 Å². The minimum atomic E-state index is 0.129. The first-order valence-electron chi connectivity index (χ1n) is 15.9. The highest BCUT2D eigenvalue weighted by Crippen LogP contribution is 2.46. The molecule has 1 saturated carbocycles. The molecule has 42 heavy (non-hydrogen) atoms. The number of hydrogen-bond acceptors (Lipinski definition) is 5. The molecule has 1 fully saturated rings. The highest BCUT2D eigenvalue weighted by Gasteiger charge is 2.36. The van der Waals surface area contributed by atoms with E-state index in [1.165, 1.54) is 43.2 Å². The molecule has 0 radical (unpaired) electrons. The topological polar surface area (TPSA) is 61.7 Å². The predicted octanol–water partition coefficient (Wildman–Crippen LogP) is 8.71. The van der Waals surface area contributed by atoms with E-state index in [-0.39, 0.29) is 5.41 Å².